The summed E-state index contributed by atoms with van der Waals surface area (Å²) < 4.78 is 14.8. The van der Waals surface area contributed by atoms with E-state index in [1.54, 1.807) is 12.1 Å². The lowest BCUT2D eigenvalue weighted by Gasteiger charge is -2.26. The molecule has 1 aliphatic heterocycles. The van der Waals surface area contributed by atoms with Crippen molar-refractivity contribution in [1.82, 2.24) is 9.78 Å². The topological polar surface area (TPSA) is 33.1 Å². The van der Waals surface area contributed by atoms with Crippen LogP contribution in [-0.2, 0) is 13.6 Å². The zero-order chi connectivity index (χ0) is 14.7. The first-order valence-electron chi connectivity index (χ1n) is 7.50. The zero-order valence-electron chi connectivity index (χ0n) is 12.3. The predicted molar refractivity (Wildman–Crippen MR) is 83.0 cm³/mol. The third-order valence-electron chi connectivity index (χ3n) is 3.93. The first-order valence-corrected chi connectivity index (χ1v) is 7.50. The quantitative estimate of drug-likeness (QED) is 0.938. The van der Waals surface area contributed by atoms with Gasteiger partial charge in [-0.3, -0.25) is 4.68 Å². The molecular formula is C16H21FN4. The molecule has 0 saturated carbocycles. The number of benzene rings is 1. The number of anilines is 2. The minimum absolute atomic E-state index is 0.202. The highest BCUT2D eigenvalue weighted by Crippen LogP contribution is 2.22. The van der Waals surface area contributed by atoms with Crippen LogP contribution in [0.4, 0.5) is 16.0 Å². The van der Waals surface area contributed by atoms with Gasteiger partial charge in [0.25, 0.3) is 0 Å². The second-order valence-corrected chi connectivity index (χ2v) is 5.54. The number of rotatable bonds is 4. The molecule has 21 heavy (non-hydrogen) atoms. The number of halogens is 1. The van der Waals surface area contributed by atoms with Crippen LogP contribution >= 0.6 is 0 Å². The van der Waals surface area contributed by atoms with E-state index in [-0.39, 0.29) is 5.82 Å². The molecule has 1 N–H and O–H groups in total. The van der Waals surface area contributed by atoms with Crippen molar-refractivity contribution < 1.29 is 4.39 Å². The average Bonchev–Trinajstić information content (AvgIpc) is 2.89. The van der Waals surface area contributed by atoms with E-state index in [0.29, 0.717) is 6.54 Å². The Morgan fingerprint density at radius 3 is 2.57 bits per heavy atom. The van der Waals surface area contributed by atoms with Crippen molar-refractivity contribution in [2.24, 2.45) is 7.05 Å². The van der Waals surface area contributed by atoms with Crippen LogP contribution in [-0.4, -0.2) is 22.9 Å². The van der Waals surface area contributed by atoms with Gasteiger partial charge in [-0.05, 0) is 37.0 Å². The second kappa shape index (κ2) is 6.16. The summed E-state index contributed by atoms with van der Waals surface area (Å²) in [5.41, 5.74) is 1.05. The van der Waals surface area contributed by atoms with E-state index in [2.05, 4.69) is 21.4 Å². The standard InChI is InChI=1S/C16H21FN4/c1-20-15(18-12-13-5-7-14(17)8-6-13)11-16(19-20)21-9-3-2-4-10-21/h5-8,11,18H,2-4,9-10,12H2,1H3. The van der Waals surface area contributed by atoms with E-state index >= 15 is 0 Å². The van der Waals surface area contributed by atoms with Crippen molar-refractivity contribution in [2.75, 3.05) is 23.3 Å². The number of nitrogens with one attached hydrogen (secondary N) is 1. The lowest BCUT2D eigenvalue weighted by molar-refractivity contribution is 0.570. The van der Waals surface area contributed by atoms with Gasteiger partial charge in [-0.25, -0.2) is 4.39 Å². The molecule has 1 aromatic carbocycles. The monoisotopic (exact) mass is 288 g/mol. The maximum absolute atomic E-state index is 12.9. The molecule has 0 spiro atoms. The van der Waals surface area contributed by atoms with Crippen LogP contribution in [0.25, 0.3) is 0 Å². The van der Waals surface area contributed by atoms with Crippen LogP contribution in [0.15, 0.2) is 30.3 Å². The summed E-state index contributed by atoms with van der Waals surface area (Å²) in [7, 11) is 1.94. The molecule has 2 heterocycles. The lowest BCUT2D eigenvalue weighted by atomic mass is 10.1. The van der Waals surface area contributed by atoms with Crippen molar-refractivity contribution in [3.63, 3.8) is 0 Å². The molecule has 3 rings (SSSR count). The molecule has 4 nitrogen and oxygen atoms in total. The van der Waals surface area contributed by atoms with Gasteiger partial charge in [0.15, 0.2) is 5.82 Å². The van der Waals surface area contributed by atoms with Gasteiger partial charge in [0.05, 0.1) is 0 Å². The summed E-state index contributed by atoms with van der Waals surface area (Å²) in [6.07, 6.45) is 3.81. The largest absolute Gasteiger partial charge is 0.366 e. The second-order valence-electron chi connectivity index (χ2n) is 5.54. The van der Waals surface area contributed by atoms with Gasteiger partial charge in [0.2, 0.25) is 0 Å². The number of piperidine rings is 1. The van der Waals surface area contributed by atoms with Crippen LogP contribution in [0, 0.1) is 5.82 Å². The van der Waals surface area contributed by atoms with Gasteiger partial charge in [0.1, 0.15) is 11.6 Å². The van der Waals surface area contributed by atoms with E-state index in [1.165, 1.54) is 31.4 Å². The van der Waals surface area contributed by atoms with E-state index in [0.717, 1.165) is 30.3 Å². The molecule has 1 fully saturated rings. The average molecular weight is 288 g/mol. The number of hydrogen-bond acceptors (Lipinski definition) is 3. The lowest BCUT2D eigenvalue weighted by Crippen LogP contribution is -2.29. The van der Waals surface area contributed by atoms with Gasteiger partial charge in [-0.1, -0.05) is 12.1 Å². The molecule has 0 bridgehead atoms. The number of aromatic nitrogens is 2. The normalized spacial score (nSPS) is 15.2. The summed E-state index contributed by atoms with van der Waals surface area (Å²) in [5, 5.41) is 7.94. The van der Waals surface area contributed by atoms with Crippen LogP contribution < -0.4 is 10.2 Å². The van der Waals surface area contributed by atoms with Crippen molar-refractivity contribution >= 4 is 11.6 Å². The summed E-state index contributed by atoms with van der Waals surface area (Å²) in [6, 6.07) is 8.65. The van der Waals surface area contributed by atoms with Crippen LogP contribution in [0.1, 0.15) is 24.8 Å². The van der Waals surface area contributed by atoms with Crippen molar-refractivity contribution in [2.45, 2.75) is 25.8 Å². The third-order valence-corrected chi connectivity index (χ3v) is 3.93. The van der Waals surface area contributed by atoms with Gasteiger partial charge < -0.3 is 10.2 Å². The fraction of sp³-hybridized carbons (Fsp3) is 0.438. The molecule has 0 amide bonds. The van der Waals surface area contributed by atoms with E-state index in [9.17, 15) is 4.39 Å². The maximum Gasteiger partial charge on any atom is 0.152 e. The van der Waals surface area contributed by atoms with Crippen molar-refractivity contribution in [3.05, 3.63) is 41.7 Å². The minimum atomic E-state index is -0.202. The molecule has 0 aliphatic carbocycles. The molecule has 1 saturated heterocycles. The third kappa shape index (κ3) is 3.35. The Morgan fingerprint density at radius 1 is 1.14 bits per heavy atom. The Hall–Kier alpha value is -2.04. The minimum Gasteiger partial charge on any atom is -0.366 e. The first-order chi connectivity index (χ1) is 10.2. The number of hydrogen-bond donors (Lipinski definition) is 1. The smallest absolute Gasteiger partial charge is 0.152 e. The summed E-state index contributed by atoms with van der Waals surface area (Å²) in [4.78, 5) is 2.34. The van der Waals surface area contributed by atoms with E-state index < -0.39 is 0 Å². The molecule has 2 aromatic rings. The first kappa shape index (κ1) is 13.9. The Kier molecular flexibility index (Phi) is 4.08. The molecular weight excluding hydrogens is 267 g/mol. The molecule has 5 heteroatoms. The highest BCUT2D eigenvalue weighted by molar-refractivity contribution is 5.50. The Morgan fingerprint density at radius 2 is 1.86 bits per heavy atom. The summed E-state index contributed by atoms with van der Waals surface area (Å²) >= 11 is 0. The highest BCUT2D eigenvalue weighted by Gasteiger charge is 2.15. The maximum atomic E-state index is 12.9. The van der Waals surface area contributed by atoms with Crippen LogP contribution in [0.5, 0.6) is 0 Å². The molecule has 0 radical (unpaired) electrons. The highest BCUT2D eigenvalue weighted by atomic mass is 19.1. The Labute approximate surface area is 124 Å². The Balaban J connectivity index is 1.65. The van der Waals surface area contributed by atoms with Crippen molar-refractivity contribution in [1.29, 1.82) is 0 Å². The van der Waals surface area contributed by atoms with E-state index in [1.807, 2.05) is 11.7 Å². The predicted octanol–water partition coefficient (Wildman–Crippen LogP) is 3.16. The molecule has 112 valence electrons. The zero-order valence-corrected chi connectivity index (χ0v) is 12.3. The van der Waals surface area contributed by atoms with E-state index in [4.69, 9.17) is 0 Å². The fourth-order valence-electron chi connectivity index (χ4n) is 2.69. The van der Waals surface area contributed by atoms with Gasteiger partial charge >= 0.3 is 0 Å². The molecule has 1 aromatic heterocycles. The SMILES string of the molecule is Cn1nc(N2CCCCC2)cc1NCc1ccc(F)cc1. The molecule has 0 unspecified atom stereocenters. The summed E-state index contributed by atoms with van der Waals surface area (Å²) in [6.45, 7) is 2.85. The van der Waals surface area contributed by atoms with Crippen molar-refractivity contribution in [3.8, 4) is 0 Å². The fourth-order valence-corrected chi connectivity index (χ4v) is 2.69. The van der Waals surface area contributed by atoms with Gasteiger partial charge in [0, 0.05) is 32.7 Å². The Bertz CT molecular complexity index is 585. The van der Waals surface area contributed by atoms with Gasteiger partial charge in [-0.2, -0.15) is 5.10 Å². The molecule has 0 atom stereocenters. The van der Waals surface area contributed by atoms with Gasteiger partial charge in [-0.15, -0.1) is 0 Å². The number of aryl methyl sites for hydroxylation is 1. The molecule has 1 aliphatic rings. The number of nitrogens with zero attached hydrogens (tertiary/aromatic N) is 3. The van der Waals surface area contributed by atoms with Crippen LogP contribution in [0.3, 0.4) is 0 Å². The summed E-state index contributed by atoms with van der Waals surface area (Å²) in [5.74, 6) is 1.82. The van der Waals surface area contributed by atoms with Crippen LogP contribution in [0.2, 0.25) is 0 Å².